The quantitative estimate of drug-likeness (QED) is 0.930. The lowest BCUT2D eigenvalue weighted by molar-refractivity contribution is -0.137. The Balaban J connectivity index is 1.95. The zero-order valence-electron chi connectivity index (χ0n) is 12.6. The number of amides is 1. The zero-order valence-corrected chi connectivity index (χ0v) is 12.6. The summed E-state index contributed by atoms with van der Waals surface area (Å²) >= 11 is 0. The molecule has 1 aliphatic rings. The predicted octanol–water partition coefficient (Wildman–Crippen LogP) is 2.71. The van der Waals surface area contributed by atoms with Crippen molar-refractivity contribution in [1.29, 1.82) is 0 Å². The first kappa shape index (κ1) is 16.8. The van der Waals surface area contributed by atoms with Crippen molar-refractivity contribution in [1.82, 2.24) is 10.2 Å². The van der Waals surface area contributed by atoms with E-state index in [2.05, 4.69) is 5.32 Å². The molecule has 0 spiro atoms. The number of nitrogens with one attached hydrogen (secondary N) is 1. The van der Waals surface area contributed by atoms with E-state index in [4.69, 9.17) is 0 Å². The summed E-state index contributed by atoms with van der Waals surface area (Å²) in [5.41, 5.74) is 0.0932. The van der Waals surface area contributed by atoms with Gasteiger partial charge in [0.05, 0.1) is 5.56 Å². The number of alkyl halides is 3. The molecule has 1 aromatic carbocycles. The monoisotopic (exact) mass is 314 g/mol. The van der Waals surface area contributed by atoms with Gasteiger partial charge in [-0.2, -0.15) is 13.2 Å². The molecule has 1 N–H and O–H groups in total. The molecule has 1 unspecified atom stereocenters. The molecule has 1 heterocycles. The van der Waals surface area contributed by atoms with E-state index in [9.17, 15) is 18.0 Å². The third kappa shape index (κ3) is 4.47. The Morgan fingerprint density at radius 2 is 1.91 bits per heavy atom. The molecule has 1 aliphatic heterocycles. The van der Waals surface area contributed by atoms with Gasteiger partial charge in [0.15, 0.2) is 0 Å². The first-order valence-corrected chi connectivity index (χ1v) is 7.53. The molecular weight excluding hydrogens is 293 g/mol. The van der Waals surface area contributed by atoms with Crippen LogP contribution in [0.3, 0.4) is 0 Å². The van der Waals surface area contributed by atoms with E-state index in [1.807, 2.05) is 11.8 Å². The van der Waals surface area contributed by atoms with E-state index >= 15 is 0 Å². The van der Waals surface area contributed by atoms with Crippen molar-refractivity contribution in [2.24, 2.45) is 5.92 Å². The normalized spacial score (nSPS) is 17.9. The molecule has 1 amide bonds. The van der Waals surface area contributed by atoms with Crippen LogP contribution in [-0.4, -0.2) is 37.0 Å². The van der Waals surface area contributed by atoms with Crippen molar-refractivity contribution in [3.05, 3.63) is 35.4 Å². The highest BCUT2D eigenvalue weighted by molar-refractivity contribution is 5.78. The van der Waals surface area contributed by atoms with Gasteiger partial charge in [-0.3, -0.25) is 4.79 Å². The average Bonchev–Trinajstić information content (AvgIpc) is 2.75. The molecule has 0 radical (unpaired) electrons. The van der Waals surface area contributed by atoms with Gasteiger partial charge in [-0.05, 0) is 37.1 Å². The summed E-state index contributed by atoms with van der Waals surface area (Å²) in [6.07, 6.45) is -2.93. The number of nitrogens with zero attached hydrogens (tertiary/aromatic N) is 1. The van der Waals surface area contributed by atoms with Gasteiger partial charge in [0.1, 0.15) is 0 Å². The molecule has 1 aromatic rings. The zero-order chi connectivity index (χ0) is 16.2. The van der Waals surface area contributed by atoms with Crippen molar-refractivity contribution in [2.45, 2.75) is 25.9 Å². The summed E-state index contributed by atoms with van der Waals surface area (Å²) in [6, 6.07) is 5.05. The smallest absolute Gasteiger partial charge is 0.341 e. The molecule has 0 bridgehead atoms. The fourth-order valence-electron chi connectivity index (χ4n) is 2.65. The largest absolute Gasteiger partial charge is 0.416 e. The Morgan fingerprint density at radius 1 is 1.23 bits per heavy atom. The summed E-state index contributed by atoms with van der Waals surface area (Å²) in [5.74, 6) is -0.154. The number of hydrogen-bond acceptors (Lipinski definition) is 2. The minimum Gasteiger partial charge on any atom is -0.341 e. The van der Waals surface area contributed by atoms with E-state index in [-0.39, 0.29) is 11.8 Å². The maximum absolute atomic E-state index is 12.5. The van der Waals surface area contributed by atoms with Gasteiger partial charge in [-0.15, -0.1) is 0 Å². The fraction of sp³-hybridized carbons (Fsp3) is 0.562. The van der Waals surface area contributed by atoms with Crippen molar-refractivity contribution < 1.29 is 18.0 Å². The lowest BCUT2D eigenvalue weighted by Gasteiger charge is -2.24. The van der Waals surface area contributed by atoms with E-state index in [0.717, 1.165) is 43.8 Å². The molecule has 1 saturated heterocycles. The van der Waals surface area contributed by atoms with Crippen LogP contribution in [0, 0.1) is 5.92 Å². The molecule has 0 aliphatic carbocycles. The van der Waals surface area contributed by atoms with Crippen molar-refractivity contribution in [3.8, 4) is 0 Å². The van der Waals surface area contributed by atoms with Gasteiger partial charge in [0, 0.05) is 25.6 Å². The van der Waals surface area contributed by atoms with Crippen molar-refractivity contribution in [2.75, 3.05) is 26.2 Å². The molecule has 1 fully saturated rings. The average molecular weight is 314 g/mol. The molecule has 0 saturated carbocycles. The Morgan fingerprint density at radius 3 is 2.55 bits per heavy atom. The third-order valence-electron chi connectivity index (χ3n) is 3.90. The number of hydrogen-bond donors (Lipinski definition) is 1. The van der Waals surface area contributed by atoms with Crippen LogP contribution in [0.1, 0.15) is 24.5 Å². The van der Waals surface area contributed by atoms with Gasteiger partial charge in [0.2, 0.25) is 5.91 Å². The summed E-state index contributed by atoms with van der Waals surface area (Å²) < 4.78 is 37.6. The van der Waals surface area contributed by atoms with E-state index < -0.39 is 11.7 Å². The standard InChI is InChI=1S/C16H21F3N2O/c1-12(15(22)21-9-2-7-20-8-10-21)11-13-3-5-14(6-4-13)16(17,18)19/h3-6,12,20H,2,7-11H2,1H3. The lowest BCUT2D eigenvalue weighted by Crippen LogP contribution is -2.38. The third-order valence-corrected chi connectivity index (χ3v) is 3.90. The van der Waals surface area contributed by atoms with Crippen LogP contribution >= 0.6 is 0 Å². The Hall–Kier alpha value is -1.56. The van der Waals surface area contributed by atoms with E-state index in [1.54, 1.807) is 0 Å². The van der Waals surface area contributed by atoms with Crippen molar-refractivity contribution >= 4 is 5.91 Å². The van der Waals surface area contributed by atoms with Crippen LogP contribution in [0.5, 0.6) is 0 Å². The SMILES string of the molecule is CC(Cc1ccc(C(F)(F)F)cc1)C(=O)N1CCCNCC1. The van der Waals surface area contributed by atoms with Crippen molar-refractivity contribution in [3.63, 3.8) is 0 Å². The van der Waals surface area contributed by atoms with Gasteiger partial charge in [0.25, 0.3) is 0 Å². The molecule has 6 heteroatoms. The molecule has 22 heavy (non-hydrogen) atoms. The van der Waals surface area contributed by atoms with Gasteiger partial charge < -0.3 is 10.2 Å². The number of benzene rings is 1. The minimum absolute atomic E-state index is 0.0728. The first-order chi connectivity index (χ1) is 10.4. The van der Waals surface area contributed by atoms with Crippen LogP contribution < -0.4 is 5.32 Å². The molecule has 122 valence electrons. The number of carbonyl (C=O) groups excluding carboxylic acids is 1. The maximum Gasteiger partial charge on any atom is 0.416 e. The van der Waals surface area contributed by atoms with Crippen LogP contribution in [-0.2, 0) is 17.4 Å². The van der Waals surface area contributed by atoms with Crippen LogP contribution in [0.25, 0.3) is 0 Å². The lowest BCUT2D eigenvalue weighted by atomic mass is 9.98. The second-order valence-corrected chi connectivity index (χ2v) is 5.73. The van der Waals surface area contributed by atoms with E-state index in [1.165, 1.54) is 12.1 Å². The number of rotatable bonds is 3. The second kappa shape index (κ2) is 7.13. The Bertz CT molecular complexity index is 491. The van der Waals surface area contributed by atoms with E-state index in [0.29, 0.717) is 13.0 Å². The van der Waals surface area contributed by atoms with Gasteiger partial charge in [-0.25, -0.2) is 0 Å². The first-order valence-electron chi connectivity index (χ1n) is 7.53. The molecule has 2 rings (SSSR count). The predicted molar refractivity (Wildman–Crippen MR) is 78.4 cm³/mol. The Kier molecular flexibility index (Phi) is 5.45. The minimum atomic E-state index is -4.32. The van der Waals surface area contributed by atoms with Crippen LogP contribution in [0.2, 0.25) is 0 Å². The van der Waals surface area contributed by atoms with Gasteiger partial charge in [-0.1, -0.05) is 19.1 Å². The number of carbonyl (C=O) groups is 1. The summed E-state index contributed by atoms with van der Waals surface area (Å²) in [4.78, 5) is 14.2. The Labute approximate surface area is 128 Å². The topological polar surface area (TPSA) is 32.3 Å². The summed E-state index contributed by atoms with van der Waals surface area (Å²) in [5, 5.41) is 3.24. The highest BCUT2D eigenvalue weighted by atomic mass is 19.4. The molecule has 3 nitrogen and oxygen atoms in total. The second-order valence-electron chi connectivity index (χ2n) is 5.73. The molecular formula is C16H21F3N2O. The highest BCUT2D eigenvalue weighted by Crippen LogP contribution is 2.29. The maximum atomic E-state index is 12.5. The van der Waals surface area contributed by atoms with Crippen LogP contribution in [0.4, 0.5) is 13.2 Å². The molecule has 1 atom stereocenters. The van der Waals surface area contributed by atoms with Gasteiger partial charge >= 0.3 is 6.18 Å². The highest BCUT2D eigenvalue weighted by Gasteiger charge is 2.30. The van der Waals surface area contributed by atoms with Crippen LogP contribution in [0.15, 0.2) is 24.3 Å². The number of halogens is 3. The molecule has 0 aromatic heterocycles. The summed E-state index contributed by atoms with van der Waals surface area (Å²) in [6.45, 7) is 4.97. The fourth-order valence-corrected chi connectivity index (χ4v) is 2.65. The summed E-state index contributed by atoms with van der Waals surface area (Å²) in [7, 11) is 0.